The Bertz CT molecular complexity index is 523. The molecule has 0 aliphatic heterocycles. The summed E-state index contributed by atoms with van der Waals surface area (Å²) in [5.41, 5.74) is 0.993. The van der Waals surface area contributed by atoms with Crippen LogP contribution in [0.1, 0.15) is 18.4 Å². The summed E-state index contributed by atoms with van der Waals surface area (Å²) in [4.78, 5) is 10.6. The molecule has 0 N–H and O–H groups in total. The number of benzene rings is 2. The first-order valence-corrected chi connectivity index (χ1v) is 5.20. The number of methoxy groups -OCH3 is 1. The van der Waals surface area contributed by atoms with Crippen molar-refractivity contribution in [2.24, 2.45) is 0 Å². The smallest absolute Gasteiger partial charge is 0.119 e. The van der Waals surface area contributed by atoms with Crippen LogP contribution in [0.4, 0.5) is 0 Å². The Morgan fingerprint density at radius 1 is 1.12 bits per heavy atom. The molecule has 85 valence electrons. The van der Waals surface area contributed by atoms with Crippen molar-refractivity contribution in [2.45, 2.75) is 12.8 Å². The Balaban J connectivity index is 0.00000144. The number of carbonyl (C=O) groups excluding carboxylic acids is 1. The summed E-state index contributed by atoms with van der Waals surface area (Å²) >= 11 is 0. The van der Waals surface area contributed by atoms with Gasteiger partial charge in [-0.3, -0.25) is 6.29 Å². The zero-order chi connectivity index (χ0) is 11.5. The first-order valence-electron chi connectivity index (χ1n) is 5.20. The maximum atomic E-state index is 10.6. The van der Waals surface area contributed by atoms with Crippen LogP contribution in [-0.4, -0.2) is 13.4 Å². The maximum Gasteiger partial charge on any atom is 0.119 e. The summed E-state index contributed by atoms with van der Waals surface area (Å²) in [6, 6.07) is 11.9. The molecule has 0 saturated carbocycles. The molecule has 0 aliphatic rings. The second kappa shape index (κ2) is 6.27. The molecule has 3 heteroatoms. The van der Waals surface area contributed by atoms with Gasteiger partial charge in [0.25, 0.3) is 0 Å². The van der Waals surface area contributed by atoms with E-state index in [-0.39, 0.29) is 38.6 Å². The van der Waals surface area contributed by atoms with Gasteiger partial charge in [0.15, 0.2) is 0 Å². The molecule has 1 radical (unpaired) electrons. The minimum Gasteiger partial charge on any atom is -0.541 e. The fourth-order valence-electron chi connectivity index (χ4n) is 1.71. The first-order chi connectivity index (χ1) is 7.74. The zero-order valence-electron chi connectivity index (χ0n) is 9.94. The Kier molecular flexibility index (Phi) is 5.29. The van der Waals surface area contributed by atoms with Gasteiger partial charge in [0.1, 0.15) is 5.75 Å². The minimum atomic E-state index is -0.175. The average molecular weight is 302 g/mol. The van der Waals surface area contributed by atoms with Gasteiger partial charge in [-0.1, -0.05) is 36.8 Å². The van der Waals surface area contributed by atoms with E-state index in [0.29, 0.717) is 0 Å². The predicted molar refractivity (Wildman–Crippen MR) is 64.6 cm³/mol. The predicted octanol–water partition coefficient (Wildman–Crippen LogP) is 3.06. The summed E-state index contributed by atoms with van der Waals surface area (Å²) in [7, 11) is 1.65. The third-order valence-corrected chi connectivity index (χ3v) is 2.75. The van der Waals surface area contributed by atoms with E-state index in [0.717, 1.165) is 22.1 Å². The summed E-state index contributed by atoms with van der Waals surface area (Å²) in [6.45, 7) is 1.84. The van der Waals surface area contributed by atoms with E-state index in [1.165, 1.54) is 0 Å². The van der Waals surface area contributed by atoms with Crippen molar-refractivity contribution in [3.05, 3.63) is 42.0 Å². The molecule has 0 saturated heterocycles. The van der Waals surface area contributed by atoms with Crippen molar-refractivity contribution in [1.29, 1.82) is 0 Å². The van der Waals surface area contributed by atoms with Crippen LogP contribution in [0, 0.1) is 0 Å². The molecule has 0 fully saturated rings. The van der Waals surface area contributed by atoms with E-state index >= 15 is 0 Å². The molecule has 2 nitrogen and oxygen atoms in total. The molecule has 2 aromatic carbocycles. The summed E-state index contributed by atoms with van der Waals surface area (Å²) in [6.07, 6.45) is 1.99. The van der Waals surface area contributed by atoms with Crippen molar-refractivity contribution in [3.8, 4) is 5.75 Å². The van der Waals surface area contributed by atoms with Crippen molar-refractivity contribution >= 4 is 17.1 Å². The van der Waals surface area contributed by atoms with Gasteiger partial charge < -0.3 is 9.53 Å². The third-order valence-electron chi connectivity index (χ3n) is 2.75. The van der Waals surface area contributed by atoms with Crippen LogP contribution >= 0.6 is 0 Å². The third kappa shape index (κ3) is 3.14. The van der Waals surface area contributed by atoms with Gasteiger partial charge in [0.2, 0.25) is 0 Å². The normalized spacial score (nSPS) is 11.6. The van der Waals surface area contributed by atoms with E-state index in [9.17, 15) is 4.79 Å². The number of ether oxygens (including phenoxy) is 1. The molecular weight excluding hydrogens is 289 g/mol. The SMILES string of the molecule is COc1ccc2cc(C(C)[C-]=O)ccc2c1.[Y]. The van der Waals surface area contributed by atoms with Crippen LogP contribution in [0.15, 0.2) is 36.4 Å². The second-order valence-corrected chi connectivity index (χ2v) is 3.81. The van der Waals surface area contributed by atoms with Gasteiger partial charge >= 0.3 is 0 Å². The number of rotatable bonds is 3. The van der Waals surface area contributed by atoms with Gasteiger partial charge in [0.05, 0.1) is 7.11 Å². The standard InChI is InChI=1S/C14H13O2.Y/c1-10(9-15)11-3-4-13-8-14(16-2)6-5-12(13)7-11;/h3-8,10H,1-2H3;/q-1;. The Morgan fingerprint density at radius 3 is 2.41 bits per heavy atom. The number of fused-ring (bicyclic) bond motifs is 1. The molecule has 0 aromatic heterocycles. The summed E-state index contributed by atoms with van der Waals surface area (Å²) in [5, 5.41) is 2.22. The summed E-state index contributed by atoms with van der Waals surface area (Å²) in [5.74, 6) is 0.668. The van der Waals surface area contributed by atoms with Gasteiger partial charge in [0, 0.05) is 32.7 Å². The molecule has 2 rings (SSSR count). The Morgan fingerprint density at radius 2 is 1.76 bits per heavy atom. The maximum absolute atomic E-state index is 10.6. The molecule has 0 amide bonds. The van der Waals surface area contributed by atoms with E-state index in [1.807, 2.05) is 49.6 Å². The summed E-state index contributed by atoms with van der Waals surface area (Å²) < 4.78 is 5.16. The van der Waals surface area contributed by atoms with Crippen molar-refractivity contribution in [3.63, 3.8) is 0 Å². The fraction of sp³-hybridized carbons (Fsp3) is 0.214. The monoisotopic (exact) mass is 302 g/mol. The van der Waals surface area contributed by atoms with Gasteiger partial charge in [-0.05, 0) is 22.9 Å². The number of hydrogen-bond donors (Lipinski definition) is 0. The van der Waals surface area contributed by atoms with Crippen molar-refractivity contribution in [2.75, 3.05) is 7.11 Å². The van der Waals surface area contributed by atoms with Crippen LogP contribution in [0.3, 0.4) is 0 Å². The van der Waals surface area contributed by atoms with E-state index in [1.54, 1.807) is 7.11 Å². The largest absolute Gasteiger partial charge is 0.541 e. The molecular formula is C14H13O2Y-. The van der Waals surface area contributed by atoms with E-state index in [2.05, 4.69) is 0 Å². The van der Waals surface area contributed by atoms with Crippen molar-refractivity contribution < 1.29 is 42.2 Å². The molecule has 1 atom stereocenters. The quantitative estimate of drug-likeness (QED) is 0.815. The van der Waals surface area contributed by atoms with Crippen LogP contribution in [-0.2, 0) is 37.5 Å². The van der Waals surface area contributed by atoms with Crippen LogP contribution < -0.4 is 4.74 Å². The molecule has 2 aromatic rings. The van der Waals surface area contributed by atoms with Crippen LogP contribution in [0.25, 0.3) is 10.8 Å². The first kappa shape index (κ1) is 14.3. The topological polar surface area (TPSA) is 26.3 Å². The van der Waals surface area contributed by atoms with Crippen LogP contribution in [0.2, 0.25) is 0 Å². The molecule has 0 spiro atoms. The van der Waals surface area contributed by atoms with E-state index in [4.69, 9.17) is 4.74 Å². The Hall–Kier alpha value is -0.726. The number of hydrogen-bond acceptors (Lipinski definition) is 2. The molecule has 0 aliphatic carbocycles. The van der Waals surface area contributed by atoms with Gasteiger partial charge in [-0.25, -0.2) is 0 Å². The van der Waals surface area contributed by atoms with E-state index < -0.39 is 0 Å². The van der Waals surface area contributed by atoms with Crippen LogP contribution in [0.5, 0.6) is 5.75 Å². The average Bonchev–Trinajstić information content (AvgIpc) is 2.36. The molecule has 0 heterocycles. The van der Waals surface area contributed by atoms with Gasteiger partial charge in [-0.2, -0.15) is 0 Å². The fourth-order valence-corrected chi connectivity index (χ4v) is 1.71. The minimum absolute atomic E-state index is 0. The van der Waals surface area contributed by atoms with Crippen molar-refractivity contribution in [1.82, 2.24) is 0 Å². The molecule has 1 unspecified atom stereocenters. The van der Waals surface area contributed by atoms with Gasteiger partial charge in [-0.15, -0.1) is 5.92 Å². The second-order valence-electron chi connectivity index (χ2n) is 3.81. The zero-order valence-corrected chi connectivity index (χ0v) is 12.8. The molecule has 0 bridgehead atoms. The molecule has 17 heavy (non-hydrogen) atoms. The Labute approximate surface area is 126 Å².